The summed E-state index contributed by atoms with van der Waals surface area (Å²) >= 11 is 0.845. The van der Waals surface area contributed by atoms with E-state index in [1.807, 2.05) is 12.1 Å². The molecule has 0 unspecified atom stereocenters. The van der Waals surface area contributed by atoms with E-state index >= 15 is 0 Å². The first-order chi connectivity index (χ1) is 9.44. The number of anilines is 1. The number of hydrogen-bond donors (Lipinski definition) is 1. The van der Waals surface area contributed by atoms with Gasteiger partial charge >= 0.3 is 6.18 Å². The summed E-state index contributed by atoms with van der Waals surface area (Å²) in [6, 6.07) is 7.58. The van der Waals surface area contributed by atoms with Gasteiger partial charge in [0.2, 0.25) is 0 Å². The van der Waals surface area contributed by atoms with Crippen LogP contribution in [0.1, 0.15) is 12.8 Å². The van der Waals surface area contributed by atoms with Crippen molar-refractivity contribution >= 4 is 17.4 Å². The number of halogens is 3. The summed E-state index contributed by atoms with van der Waals surface area (Å²) in [5.74, 6) is -0.848. The third-order valence-corrected chi connectivity index (χ3v) is 4.50. The van der Waals surface area contributed by atoms with Gasteiger partial charge in [-0.25, -0.2) is 0 Å². The average Bonchev–Trinajstić information content (AvgIpc) is 2.39. The summed E-state index contributed by atoms with van der Waals surface area (Å²) in [7, 11) is 2.09. The number of nitrogens with zero attached hydrogens (tertiary/aromatic N) is 1. The molecule has 0 spiro atoms. The fourth-order valence-electron chi connectivity index (χ4n) is 2.24. The third-order valence-electron chi connectivity index (χ3n) is 3.36. The largest absolute Gasteiger partial charge is 0.398 e. The molecule has 0 aliphatic carbocycles. The lowest BCUT2D eigenvalue weighted by molar-refractivity contribution is -0.105. The van der Waals surface area contributed by atoms with Gasteiger partial charge < -0.3 is 10.2 Å². The fourth-order valence-corrected chi connectivity index (χ4v) is 3.02. The summed E-state index contributed by atoms with van der Waals surface area (Å²) in [5, 5.41) is 3.39. The summed E-state index contributed by atoms with van der Waals surface area (Å²) in [5.41, 5.74) is 0.816. The van der Waals surface area contributed by atoms with E-state index < -0.39 is 11.9 Å². The van der Waals surface area contributed by atoms with Gasteiger partial charge in [-0.3, -0.25) is 0 Å². The Kier molecular flexibility index (Phi) is 5.21. The summed E-state index contributed by atoms with van der Waals surface area (Å²) < 4.78 is 37.0. The number of para-hydroxylation sites is 1. The molecule has 0 saturated carbocycles. The van der Waals surface area contributed by atoms with Crippen LogP contribution in [-0.2, 0) is 0 Å². The highest BCUT2D eigenvalue weighted by Gasteiger charge is 2.28. The normalized spacial score (nSPS) is 18.2. The van der Waals surface area contributed by atoms with E-state index in [-0.39, 0.29) is 0 Å². The quantitative estimate of drug-likeness (QED) is 0.851. The average molecular weight is 304 g/mol. The summed E-state index contributed by atoms with van der Waals surface area (Å²) in [6.45, 7) is 2.05. The zero-order chi connectivity index (χ0) is 14.6. The maximum Gasteiger partial charge on any atom is 0.398 e. The number of benzene rings is 1. The second kappa shape index (κ2) is 6.72. The highest BCUT2D eigenvalue weighted by Crippen LogP contribution is 2.33. The van der Waals surface area contributed by atoms with Crippen molar-refractivity contribution in [2.75, 3.05) is 31.2 Å². The monoisotopic (exact) mass is 304 g/mol. The second-order valence-electron chi connectivity index (χ2n) is 5.12. The van der Waals surface area contributed by atoms with Gasteiger partial charge in [-0.1, -0.05) is 12.1 Å². The number of alkyl halides is 3. The van der Waals surface area contributed by atoms with Crippen LogP contribution in [0.5, 0.6) is 0 Å². The van der Waals surface area contributed by atoms with Crippen LogP contribution in [0.25, 0.3) is 0 Å². The Morgan fingerprint density at radius 1 is 1.25 bits per heavy atom. The molecule has 0 atom stereocenters. The van der Waals surface area contributed by atoms with Crippen molar-refractivity contribution in [3.8, 4) is 0 Å². The van der Waals surface area contributed by atoms with Crippen LogP contribution in [-0.4, -0.2) is 43.0 Å². The molecule has 6 heteroatoms. The molecule has 1 aliphatic heterocycles. The van der Waals surface area contributed by atoms with E-state index in [0.29, 0.717) is 10.9 Å². The van der Waals surface area contributed by atoms with E-state index in [4.69, 9.17) is 0 Å². The van der Waals surface area contributed by atoms with Gasteiger partial charge in [-0.2, -0.15) is 13.2 Å². The van der Waals surface area contributed by atoms with E-state index in [9.17, 15) is 13.2 Å². The van der Waals surface area contributed by atoms with E-state index in [1.54, 1.807) is 12.1 Å². The number of likely N-dealkylation sites (tertiary alicyclic amines) is 1. The minimum atomic E-state index is -4.13. The van der Waals surface area contributed by atoms with Crippen LogP contribution in [0.2, 0.25) is 0 Å². The number of nitrogens with one attached hydrogen (secondary N) is 1. The first kappa shape index (κ1) is 15.5. The van der Waals surface area contributed by atoms with Crippen molar-refractivity contribution < 1.29 is 13.2 Å². The van der Waals surface area contributed by atoms with Crippen molar-refractivity contribution in [2.24, 2.45) is 0 Å². The van der Waals surface area contributed by atoms with E-state index in [1.165, 1.54) is 0 Å². The van der Waals surface area contributed by atoms with Crippen molar-refractivity contribution in [2.45, 2.75) is 30.0 Å². The van der Waals surface area contributed by atoms with Crippen LogP contribution >= 0.6 is 11.8 Å². The van der Waals surface area contributed by atoms with Crippen LogP contribution in [0, 0.1) is 0 Å². The van der Waals surface area contributed by atoms with E-state index in [0.717, 1.165) is 43.4 Å². The molecule has 1 saturated heterocycles. The highest BCUT2D eigenvalue weighted by molar-refractivity contribution is 7.99. The highest BCUT2D eigenvalue weighted by atomic mass is 32.2. The summed E-state index contributed by atoms with van der Waals surface area (Å²) in [6.07, 6.45) is -2.09. The lowest BCUT2D eigenvalue weighted by atomic mass is 10.1. The fraction of sp³-hybridized carbons (Fsp3) is 0.571. The number of piperidine rings is 1. The van der Waals surface area contributed by atoms with Crippen LogP contribution in [0.15, 0.2) is 29.2 Å². The molecule has 1 fully saturated rings. The minimum Gasteiger partial charge on any atom is -0.381 e. The summed E-state index contributed by atoms with van der Waals surface area (Å²) in [4.78, 5) is 2.94. The van der Waals surface area contributed by atoms with Crippen LogP contribution in [0.3, 0.4) is 0 Å². The molecule has 2 nitrogen and oxygen atoms in total. The van der Waals surface area contributed by atoms with Crippen molar-refractivity contribution in [1.29, 1.82) is 0 Å². The SMILES string of the molecule is CN1CCC(Nc2ccccc2SCC(F)(F)F)CC1. The molecule has 1 aromatic carbocycles. The molecular formula is C14H19F3N2S. The van der Waals surface area contributed by atoms with Gasteiger partial charge in [-0.05, 0) is 45.1 Å². The standard InChI is InChI=1S/C14H19F3N2S/c1-19-8-6-11(7-9-19)18-12-4-2-3-5-13(12)20-10-14(15,16)17/h2-5,11,18H,6-10H2,1H3. The van der Waals surface area contributed by atoms with Gasteiger partial charge in [0.1, 0.15) is 0 Å². The molecule has 2 rings (SSSR count). The van der Waals surface area contributed by atoms with Gasteiger partial charge in [-0.15, -0.1) is 11.8 Å². The Morgan fingerprint density at radius 2 is 1.90 bits per heavy atom. The predicted molar refractivity (Wildman–Crippen MR) is 77.4 cm³/mol. The zero-order valence-electron chi connectivity index (χ0n) is 11.4. The predicted octanol–water partition coefficient (Wildman–Crippen LogP) is 3.85. The molecule has 1 heterocycles. The maximum atomic E-state index is 12.3. The second-order valence-corrected chi connectivity index (χ2v) is 6.14. The lowest BCUT2D eigenvalue weighted by Crippen LogP contribution is -2.36. The molecular weight excluding hydrogens is 285 g/mol. The van der Waals surface area contributed by atoms with Crippen LogP contribution in [0.4, 0.5) is 18.9 Å². The molecule has 0 bridgehead atoms. The van der Waals surface area contributed by atoms with Crippen molar-refractivity contribution in [3.05, 3.63) is 24.3 Å². The van der Waals surface area contributed by atoms with Crippen molar-refractivity contribution in [3.63, 3.8) is 0 Å². The Balaban J connectivity index is 1.97. The Morgan fingerprint density at radius 3 is 2.55 bits per heavy atom. The first-order valence-corrected chi connectivity index (χ1v) is 7.66. The molecule has 1 N–H and O–H groups in total. The van der Waals surface area contributed by atoms with Gasteiger partial charge in [0.25, 0.3) is 0 Å². The Labute approximate surface area is 121 Å². The maximum absolute atomic E-state index is 12.3. The molecule has 112 valence electrons. The Bertz CT molecular complexity index is 429. The van der Waals surface area contributed by atoms with Crippen molar-refractivity contribution in [1.82, 2.24) is 4.90 Å². The number of hydrogen-bond acceptors (Lipinski definition) is 3. The molecule has 0 radical (unpaired) electrons. The Hall–Kier alpha value is -0.880. The number of thioether (sulfide) groups is 1. The molecule has 20 heavy (non-hydrogen) atoms. The first-order valence-electron chi connectivity index (χ1n) is 6.68. The van der Waals surface area contributed by atoms with Gasteiger partial charge in [0, 0.05) is 16.6 Å². The zero-order valence-corrected chi connectivity index (χ0v) is 12.2. The van der Waals surface area contributed by atoms with Gasteiger partial charge in [0.15, 0.2) is 0 Å². The molecule has 1 aromatic rings. The van der Waals surface area contributed by atoms with Gasteiger partial charge in [0.05, 0.1) is 5.75 Å². The molecule has 0 amide bonds. The third kappa shape index (κ3) is 4.90. The minimum absolute atomic E-state index is 0.346. The topological polar surface area (TPSA) is 15.3 Å². The molecule has 1 aliphatic rings. The lowest BCUT2D eigenvalue weighted by Gasteiger charge is -2.30. The number of rotatable bonds is 4. The smallest absolute Gasteiger partial charge is 0.381 e. The molecule has 0 aromatic heterocycles. The van der Waals surface area contributed by atoms with Crippen LogP contribution < -0.4 is 5.32 Å². The van der Waals surface area contributed by atoms with E-state index in [2.05, 4.69) is 17.3 Å².